The first-order valence-corrected chi connectivity index (χ1v) is 9.43. The highest BCUT2D eigenvalue weighted by Crippen LogP contribution is 2.25. The molecule has 134 valence electrons. The lowest BCUT2D eigenvalue weighted by Crippen LogP contribution is -2.47. The van der Waals surface area contributed by atoms with Crippen molar-refractivity contribution in [2.45, 2.75) is 13.0 Å². The Hall–Kier alpha value is -2.30. The smallest absolute Gasteiger partial charge is 0.210 e. The third-order valence-electron chi connectivity index (χ3n) is 5.13. The minimum atomic E-state index is 0.436. The van der Waals surface area contributed by atoms with Crippen molar-refractivity contribution >= 4 is 17.5 Å². The first-order valence-electron chi connectivity index (χ1n) is 9.05. The molecule has 1 fully saturated rings. The van der Waals surface area contributed by atoms with Crippen molar-refractivity contribution in [3.63, 3.8) is 0 Å². The second-order valence-corrected chi connectivity index (χ2v) is 7.12. The first kappa shape index (κ1) is 17.1. The van der Waals surface area contributed by atoms with Gasteiger partial charge in [0, 0.05) is 55.3 Å². The van der Waals surface area contributed by atoms with Crippen LogP contribution in [0.1, 0.15) is 18.5 Å². The van der Waals surface area contributed by atoms with Crippen molar-refractivity contribution in [1.82, 2.24) is 14.5 Å². The van der Waals surface area contributed by atoms with Gasteiger partial charge in [-0.25, -0.2) is 4.98 Å². The number of hydrogen-bond donors (Lipinski definition) is 0. The number of nitrogens with zero attached hydrogens (tertiary/aromatic N) is 4. The van der Waals surface area contributed by atoms with E-state index in [4.69, 9.17) is 11.6 Å². The Labute approximate surface area is 159 Å². The van der Waals surface area contributed by atoms with Crippen LogP contribution in [0.3, 0.4) is 0 Å². The van der Waals surface area contributed by atoms with Gasteiger partial charge in [-0.05, 0) is 30.7 Å². The second kappa shape index (κ2) is 7.52. The van der Waals surface area contributed by atoms with Crippen LogP contribution in [0, 0.1) is 0 Å². The van der Waals surface area contributed by atoms with Crippen molar-refractivity contribution in [3.8, 4) is 5.69 Å². The molecule has 1 aromatic heterocycles. The molecule has 4 rings (SSSR count). The van der Waals surface area contributed by atoms with Crippen molar-refractivity contribution in [2.24, 2.45) is 0 Å². The molecule has 0 N–H and O–H groups in total. The molecular weight excluding hydrogens is 344 g/mol. The summed E-state index contributed by atoms with van der Waals surface area (Å²) >= 11 is 6.16. The number of anilines is 1. The third kappa shape index (κ3) is 3.48. The van der Waals surface area contributed by atoms with E-state index < -0.39 is 0 Å². The molecule has 0 bridgehead atoms. The Bertz CT molecular complexity index is 853. The van der Waals surface area contributed by atoms with Gasteiger partial charge in [-0.15, -0.1) is 0 Å². The number of halogens is 1. The number of hydrogen-bond acceptors (Lipinski definition) is 3. The number of benzene rings is 2. The van der Waals surface area contributed by atoms with E-state index in [1.807, 2.05) is 30.6 Å². The van der Waals surface area contributed by atoms with Crippen LogP contribution in [0.5, 0.6) is 0 Å². The maximum absolute atomic E-state index is 6.16. The lowest BCUT2D eigenvalue weighted by Gasteiger charge is -2.38. The van der Waals surface area contributed by atoms with Gasteiger partial charge in [-0.2, -0.15) is 0 Å². The predicted octanol–water partition coefficient (Wildman–Crippen LogP) is 4.41. The number of piperazine rings is 1. The van der Waals surface area contributed by atoms with Crippen molar-refractivity contribution in [3.05, 3.63) is 77.6 Å². The molecule has 1 unspecified atom stereocenters. The molecule has 0 amide bonds. The molecule has 0 aliphatic carbocycles. The summed E-state index contributed by atoms with van der Waals surface area (Å²) in [6.45, 7) is 6.28. The molecule has 2 aromatic carbocycles. The first-order chi connectivity index (χ1) is 12.7. The maximum Gasteiger partial charge on any atom is 0.210 e. The molecule has 3 aromatic rings. The van der Waals surface area contributed by atoms with Crippen LogP contribution in [-0.4, -0.2) is 40.6 Å². The van der Waals surface area contributed by atoms with Crippen LogP contribution < -0.4 is 4.90 Å². The van der Waals surface area contributed by atoms with Gasteiger partial charge in [0.05, 0.1) is 0 Å². The molecule has 2 heterocycles. The monoisotopic (exact) mass is 366 g/mol. The Kier molecular flexibility index (Phi) is 4.96. The van der Waals surface area contributed by atoms with E-state index in [9.17, 15) is 0 Å². The molecule has 1 atom stereocenters. The van der Waals surface area contributed by atoms with Gasteiger partial charge in [0.15, 0.2) is 0 Å². The van der Waals surface area contributed by atoms with E-state index in [1.54, 1.807) is 0 Å². The summed E-state index contributed by atoms with van der Waals surface area (Å²) < 4.78 is 2.11. The lowest BCUT2D eigenvalue weighted by atomic mass is 10.1. The highest BCUT2D eigenvalue weighted by Gasteiger charge is 2.24. The van der Waals surface area contributed by atoms with Crippen LogP contribution >= 0.6 is 11.6 Å². The molecule has 0 saturated carbocycles. The zero-order valence-corrected chi connectivity index (χ0v) is 15.7. The zero-order valence-electron chi connectivity index (χ0n) is 14.9. The summed E-state index contributed by atoms with van der Waals surface area (Å²) in [6, 6.07) is 19.1. The molecule has 0 radical (unpaired) electrons. The molecule has 1 aliphatic heterocycles. The van der Waals surface area contributed by atoms with Gasteiger partial charge in [0.1, 0.15) is 0 Å². The Morgan fingerprint density at radius 3 is 2.46 bits per heavy atom. The number of imidazole rings is 1. The Morgan fingerprint density at radius 1 is 0.962 bits per heavy atom. The minimum Gasteiger partial charge on any atom is -0.339 e. The molecule has 5 heteroatoms. The van der Waals surface area contributed by atoms with E-state index in [0.29, 0.717) is 6.04 Å². The van der Waals surface area contributed by atoms with Crippen LogP contribution in [0.15, 0.2) is 67.0 Å². The van der Waals surface area contributed by atoms with E-state index >= 15 is 0 Å². The molecule has 26 heavy (non-hydrogen) atoms. The fourth-order valence-corrected chi connectivity index (χ4v) is 3.79. The van der Waals surface area contributed by atoms with Gasteiger partial charge >= 0.3 is 0 Å². The van der Waals surface area contributed by atoms with E-state index in [0.717, 1.165) is 42.8 Å². The van der Waals surface area contributed by atoms with Gasteiger partial charge in [0.25, 0.3) is 0 Å². The fourth-order valence-electron chi connectivity index (χ4n) is 3.61. The van der Waals surface area contributed by atoms with Crippen molar-refractivity contribution in [1.29, 1.82) is 0 Å². The SMILES string of the molecule is CC(c1ccccc1)N1CCN(c2nccn2-c2cccc(Cl)c2)CC1. The molecule has 0 spiro atoms. The summed E-state index contributed by atoms with van der Waals surface area (Å²) in [4.78, 5) is 9.50. The lowest BCUT2D eigenvalue weighted by molar-refractivity contribution is 0.197. The topological polar surface area (TPSA) is 24.3 Å². The van der Waals surface area contributed by atoms with Crippen molar-refractivity contribution < 1.29 is 0 Å². The summed E-state index contributed by atoms with van der Waals surface area (Å²) in [5, 5.41) is 0.739. The largest absolute Gasteiger partial charge is 0.339 e. The van der Waals surface area contributed by atoms with E-state index in [1.165, 1.54) is 5.56 Å². The Balaban J connectivity index is 1.47. The van der Waals surface area contributed by atoms with Crippen molar-refractivity contribution in [2.75, 3.05) is 31.1 Å². The summed E-state index contributed by atoms with van der Waals surface area (Å²) in [6.07, 6.45) is 3.86. The number of aromatic nitrogens is 2. The molecular formula is C21H23ClN4. The summed E-state index contributed by atoms with van der Waals surface area (Å²) in [5.41, 5.74) is 2.42. The predicted molar refractivity (Wildman–Crippen MR) is 107 cm³/mol. The van der Waals surface area contributed by atoms with Gasteiger partial charge < -0.3 is 4.90 Å². The average molecular weight is 367 g/mol. The van der Waals surface area contributed by atoms with Crippen LogP contribution in [0.2, 0.25) is 5.02 Å². The minimum absolute atomic E-state index is 0.436. The maximum atomic E-state index is 6.16. The van der Waals surface area contributed by atoms with Crippen LogP contribution in [0.4, 0.5) is 5.95 Å². The second-order valence-electron chi connectivity index (χ2n) is 6.69. The Morgan fingerprint density at radius 2 is 1.73 bits per heavy atom. The quantitative estimate of drug-likeness (QED) is 0.683. The highest BCUT2D eigenvalue weighted by molar-refractivity contribution is 6.30. The van der Waals surface area contributed by atoms with Gasteiger partial charge in [-0.3, -0.25) is 9.47 Å². The normalized spacial score (nSPS) is 16.6. The van der Waals surface area contributed by atoms with E-state index in [2.05, 4.69) is 62.7 Å². The summed E-state index contributed by atoms with van der Waals surface area (Å²) in [5.74, 6) is 0.985. The standard InChI is InChI=1S/C21H23ClN4/c1-17(18-6-3-2-4-7-18)24-12-14-25(15-13-24)21-23-10-11-26(21)20-9-5-8-19(22)16-20/h2-11,16-17H,12-15H2,1H3. The molecule has 4 nitrogen and oxygen atoms in total. The fraction of sp³-hybridized carbons (Fsp3) is 0.286. The number of rotatable bonds is 4. The third-order valence-corrected chi connectivity index (χ3v) is 5.37. The summed E-state index contributed by atoms with van der Waals surface area (Å²) in [7, 11) is 0. The van der Waals surface area contributed by atoms with E-state index in [-0.39, 0.29) is 0 Å². The molecule has 1 aliphatic rings. The van der Waals surface area contributed by atoms with Gasteiger partial charge in [0.2, 0.25) is 5.95 Å². The zero-order chi connectivity index (χ0) is 17.9. The highest BCUT2D eigenvalue weighted by atomic mass is 35.5. The average Bonchev–Trinajstić information content (AvgIpc) is 3.18. The van der Waals surface area contributed by atoms with Crippen LogP contribution in [-0.2, 0) is 0 Å². The van der Waals surface area contributed by atoms with Gasteiger partial charge in [-0.1, -0.05) is 48.0 Å². The molecule has 1 saturated heterocycles. The van der Waals surface area contributed by atoms with Crippen LogP contribution in [0.25, 0.3) is 5.69 Å².